The van der Waals surface area contributed by atoms with E-state index in [9.17, 15) is 0 Å². The summed E-state index contributed by atoms with van der Waals surface area (Å²) in [5.41, 5.74) is 2.14. The molecule has 0 fully saturated rings. The Labute approximate surface area is 154 Å². The molecule has 0 radical (unpaired) electrons. The summed E-state index contributed by atoms with van der Waals surface area (Å²) in [7, 11) is 3.44. The first-order valence-electron chi connectivity index (χ1n) is 7.28. The number of aliphatic imine (C=N–C) groups is 1. The maximum absolute atomic E-state index is 5.11. The van der Waals surface area contributed by atoms with Crippen molar-refractivity contribution in [2.24, 2.45) is 4.99 Å². The molecule has 2 N–H and O–H groups in total. The monoisotopic (exact) mass is 429 g/mol. The minimum Gasteiger partial charge on any atom is -0.383 e. The number of methoxy groups -OCH3 is 1. The van der Waals surface area contributed by atoms with Gasteiger partial charge in [0, 0.05) is 38.5 Å². The zero-order valence-corrected chi connectivity index (χ0v) is 16.0. The summed E-state index contributed by atoms with van der Waals surface area (Å²) in [5.74, 6) is 0.747. The van der Waals surface area contributed by atoms with Crippen LogP contribution in [-0.4, -0.2) is 42.5 Å². The number of hydrogen-bond acceptors (Lipinski definition) is 3. The fourth-order valence-corrected chi connectivity index (χ4v) is 2.08. The molecule has 126 valence electrons. The van der Waals surface area contributed by atoms with E-state index < -0.39 is 0 Å². The van der Waals surface area contributed by atoms with E-state index in [0.717, 1.165) is 17.2 Å². The molecular formula is C16H24IN5O. The summed E-state index contributed by atoms with van der Waals surface area (Å²) in [6, 6.07) is 10.2. The Balaban J connectivity index is 0.00000264. The first-order valence-corrected chi connectivity index (χ1v) is 7.28. The smallest absolute Gasteiger partial charge is 0.191 e. The molecule has 1 unspecified atom stereocenters. The molecule has 1 aromatic heterocycles. The van der Waals surface area contributed by atoms with Crippen molar-refractivity contribution >= 4 is 29.9 Å². The van der Waals surface area contributed by atoms with Gasteiger partial charge in [0.1, 0.15) is 0 Å². The Morgan fingerprint density at radius 1 is 1.35 bits per heavy atom. The zero-order valence-electron chi connectivity index (χ0n) is 13.7. The summed E-state index contributed by atoms with van der Waals surface area (Å²) in [6.45, 7) is 3.34. The average molecular weight is 429 g/mol. The molecule has 0 spiro atoms. The lowest BCUT2D eigenvalue weighted by Crippen LogP contribution is -2.43. The molecule has 0 amide bonds. The second-order valence-electron chi connectivity index (χ2n) is 5.06. The van der Waals surface area contributed by atoms with Crippen LogP contribution in [-0.2, 0) is 11.3 Å². The summed E-state index contributed by atoms with van der Waals surface area (Å²) in [6.07, 6.45) is 3.86. The van der Waals surface area contributed by atoms with Gasteiger partial charge in [0.15, 0.2) is 5.96 Å². The van der Waals surface area contributed by atoms with E-state index in [0.29, 0.717) is 13.2 Å². The topological polar surface area (TPSA) is 63.5 Å². The SMILES string of the molecule is CN=C(NCc1cnn(-c2ccccc2)c1)NC(C)COC.I. The minimum absolute atomic E-state index is 0. The highest BCUT2D eigenvalue weighted by Crippen LogP contribution is 2.07. The van der Waals surface area contributed by atoms with Crippen molar-refractivity contribution in [2.75, 3.05) is 20.8 Å². The van der Waals surface area contributed by atoms with Crippen LogP contribution in [0.4, 0.5) is 0 Å². The van der Waals surface area contributed by atoms with Gasteiger partial charge in [-0.05, 0) is 19.1 Å². The second kappa shape index (κ2) is 10.2. The van der Waals surface area contributed by atoms with Crippen LogP contribution >= 0.6 is 24.0 Å². The van der Waals surface area contributed by atoms with Crippen LogP contribution in [0.1, 0.15) is 12.5 Å². The molecule has 0 aliphatic carbocycles. The van der Waals surface area contributed by atoms with E-state index in [-0.39, 0.29) is 30.0 Å². The van der Waals surface area contributed by atoms with Crippen molar-refractivity contribution in [2.45, 2.75) is 19.5 Å². The van der Waals surface area contributed by atoms with Crippen LogP contribution in [0, 0.1) is 0 Å². The van der Waals surface area contributed by atoms with Crippen LogP contribution in [0.3, 0.4) is 0 Å². The van der Waals surface area contributed by atoms with Crippen LogP contribution in [0.15, 0.2) is 47.7 Å². The standard InChI is InChI=1S/C16H23N5O.HI/c1-13(12-22-3)20-16(17-2)18-9-14-10-19-21(11-14)15-7-5-4-6-8-15;/h4-8,10-11,13H,9,12H2,1-3H3,(H2,17,18,20);1H. The van der Waals surface area contributed by atoms with Gasteiger partial charge in [0.2, 0.25) is 0 Å². The molecule has 0 aliphatic rings. The third kappa shape index (κ3) is 6.19. The molecule has 23 heavy (non-hydrogen) atoms. The van der Waals surface area contributed by atoms with Crippen LogP contribution in [0.2, 0.25) is 0 Å². The van der Waals surface area contributed by atoms with E-state index in [1.54, 1.807) is 14.2 Å². The number of benzene rings is 1. The Kier molecular flexibility index (Phi) is 8.64. The van der Waals surface area contributed by atoms with Gasteiger partial charge in [-0.15, -0.1) is 24.0 Å². The van der Waals surface area contributed by atoms with Crippen LogP contribution in [0.25, 0.3) is 5.69 Å². The third-order valence-electron chi connectivity index (χ3n) is 3.14. The number of rotatable bonds is 6. The van der Waals surface area contributed by atoms with E-state index in [1.165, 1.54) is 0 Å². The highest BCUT2D eigenvalue weighted by atomic mass is 127. The third-order valence-corrected chi connectivity index (χ3v) is 3.14. The van der Waals surface area contributed by atoms with Gasteiger partial charge in [-0.25, -0.2) is 4.68 Å². The molecule has 6 nitrogen and oxygen atoms in total. The lowest BCUT2D eigenvalue weighted by atomic mass is 10.3. The van der Waals surface area contributed by atoms with E-state index >= 15 is 0 Å². The first kappa shape index (κ1) is 19.4. The van der Waals surface area contributed by atoms with Gasteiger partial charge in [-0.3, -0.25) is 4.99 Å². The molecule has 1 aromatic carbocycles. The molecule has 0 bridgehead atoms. The van der Waals surface area contributed by atoms with Crippen molar-refractivity contribution in [3.05, 3.63) is 48.3 Å². The number of hydrogen-bond donors (Lipinski definition) is 2. The molecule has 0 saturated heterocycles. The van der Waals surface area contributed by atoms with Crippen molar-refractivity contribution in [3.63, 3.8) is 0 Å². The van der Waals surface area contributed by atoms with E-state index in [4.69, 9.17) is 4.74 Å². The Hall–Kier alpha value is -1.61. The highest BCUT2D eigenvalue weighted by Gasteiger charge is 2.05. The van der Waals surface area contributed by atoms with Gasteiger partial charge in [0.25, 0.3) is 0 Å². The zero-order chi connectivity index (χ0) is 15.8. The molecule has 0 aliphatic heterocycles. The number of halogens is 1. The molecule has 0 saturated carbocycles. The van der Waals surface area contributed by atoms with Gasteiger partial charge in [-0.2, -0.15) is 5.10 Å². The minimum atomic E-state index is 0. The summed E-state index contributed by atoms with van der Waals surface area (Å²) in [5, 5.41) is 10.9. The quantitative estimate of drug-likeness (QED) is 0.420. The van der Waals surface area contributed by atoms with Crippen LogP contribution < -0.4 is 10.6 Å². The molecule has 2 aromatic rings. The summed E-state index contributed by atoms with van der Waals surface area (Å²) < 4.78 is 6.97. The normalized spacial score (nSPS) is 12.4. The fourth-order valence-electron chi connectivity index (χ4n) is 2.08. The van der Waals surface area contributed by atoms with Gasteiger partial charge in [0.05, 0.1) is 18.5 Å². The fraction of sp³-hybridized carbons (Fsp3) is 0.375. The average Bonchev–Trinajstić information content (AvgIpc) is 3.01. The molecule has 1 heterocycles. The van der Waals surface area contributed by atoms with E-state index in [2.05, 4.69) is 20.7 Å². The van der Waals surface area contributed by atoms with Crippen LogP contribution in [0.5, 0.6) is 0 Å². The summed E-state index contributed by atoms with van der Waals surface area (Å²) >= 11 is 0. The van der Waals surface area contributed by atoms with Gasteiger partial charge in [-0.1, -0.05) is 18.2 Å². The van der Waals surface area contributed by atoms with Crippen molar-refractivity contribution < 1.29 is 4.74 Å². The van der Waals surface area contributed by atoms with Gasteiger partial charge >= 0.3 is 0 Å². The summed E-state index contributed by atoms with van der Waals surface area (Å²) in [4.78, 5) is 4.20. The van der Waals surface area contributed by atoms with Gasteiger partial charge < -0.3 is 15.4 Å². The number of aromatic nitrogens is 2. The lowest BCUT2D eigenvalue weighted by molar-refractivity contribution is 0.179. The molecule has 2 rings (SSSR count). The first-order chi connectivity index (χ1) is 10.7. The number of ether oxygens (including phenoxy) is 1. The molecule has 7 heteroatoms. The largest absolute Gasteiger partial charge is 0.383 e. The Bertz CT molecular complexity index is 600. The maximum atomic E-state index is 5.11. The number of nitrogens with zero attached hydrogens (tertiary/aromatic N) is 3. The van der Waals surface area contributed by atoms with Crippen molar-refractivity contribution in [3.8, 4) is 5.69 Å². The number of nitrogens with one attached hydrogen (secondary N) is 2. The molecule has 1 atom stereocenters. The van der Waals surface area contributed by atoms with Crippen molar-refractivity contribution in [1.29, 1.82) is 0 Å². The lowest BCUT2D eigenvalue weighted by Gasteiger charge is -2.16. The predicted octanol–water partition coefficient (Wildman–Crippen LogP) is 2.19. The Morgan fingerprint density at radius 3 is 2.74 bits per heavy atom. The highest BCUT2D eigenvalue weighted by molar-refractivity contribution is 14.0. The Morgan fingerprint density at radius 2 is 2.09 bits per heavy atom. The van der Waals surface area contributed by atoms with Crippen molar-refractivity contribution in [1.82, 2.24) is 20.4 Å². The second-order valence-corrected chi connectivity index (χ2v) is 5.06. The predicted molar refractivity (Wildman–Crippen MR) is 104 cm³/mol. The number of para-hydroxylation sites is 1. The number of guanidine groups is 1. The molecular weight excluding hydrogens is 405 g/mol. The maximum Gasteiger partial charge on any atom is 0.191 e. The van der Waals surface area contributed by atoms with E-state index in [1.807, 2.05) is 54.3 Å².